The highest BCUT2D eigenvalue weighted by atomic mass is 16.2. The van der Waals surface area contributed by atoms with E-state index in [0.29, 0.717) is 11.1 Å². The Hall–Kier alpha value is -1.38. The molecule has 2 amide bonds. The Kier molecular flexibility index (Phi) is 3.45. The van der Waals surface area contributed by atoms with E-state index in [1.54, 1.807) is 26.0 Å². The molecule has 1 aliphatic rings. The molecule has 0 N–H and O–H groups in total. The van der Waals surface area contributed by atoms with Crippen LogP contribution in [0.1, 0.15) is 34.1 Å². The van der Waals surface area contributed by atoms with Crippen LogP contribution in [-0.2, 0) is 9.59 Å². The molecule has 82 valence electrons. The number of hydrogen-bond donors (Lipinski definition) is 0. The molecular weight excluding hydrogens is 190 g/mol. The molecule has 0 aliphatic carbocycles. The summed E-state index contributed by atoms with van der Waals surface area (Å²) in [6, 6.07) is -0.0302. The number of rotatable bonds is 2. The Balaban J connectivity index is 3.16. The second-order valence-corrected chi connectivity index (χ2v) is 3.64. The van der Waals surface area contributed by atoms with Crippen molar-refractivity contribution in [2.24, 2.45) is 0 Å². The lowest BCUT2D eigenvalue weighted by molar-refractivity contribution is -0.138. The molecule has 0 aromatic carbocycles. The van der Waals surface area contributed by atoms with Gasteiger partial charge in [0.2, 0.25) is 0 Å². The first-order chi connectivity index (χ1) is 7.08. The van der Waals surface area contributed by atoms with Crippen LogP contribution in [0.5, 0.6) is 0 Å². The van der Waals surface area contributed by atoms with E-state index in [2.05, 4.69) is 0 Å². The third kappa shape index (κ3) is 1.74. The van der Waals surface area contributed by atoms with Gasteiger partial charge < -0.3 is 0 Å². The highest BCUT2D eigenvalue weighted by Crippen LogP contribution is 2.27. The average molecular weight is 207 g/mol. The van der Waals surface area contributed by atoms with Crippen molar-refractivity contribution in [3.05, 3.63) is 23.3 Å². The largest absolute Gasteiger partial charge is 0.272 e. The van der Waals surface area contributed by atoms with Crippen LogP contribution in [0.15, 0.2) is 23.3 Å². The van der Waals surface area contributed by atoms with E-state index in [1.165, 1.54) is 4.90 Å². The first kappa shape index (κ1) is 11.7. The Morgan fingerprint density at radius 3 is 1.80 bits per heavy atom. The van der Waals surface area contributed by atoms with Gasteiger partial charge in [0.15, 0.2) is 0 Å². The second kappa shape index (κ2) is 4.43. The summed E-state index contributed by atoms with van der Waals surface area (Å²) in [6.07, 6.45) is 4.20. The zero-order valence-electron chi connectivity index (χ0n) is 9.70. The normalized spacial score (nSPS) is 24.4. The Bertz CT molecular complexity index is 323. The van der Waals surface area contributed by atoms with Gasteiger partial charge in [-0.2, -0.15) is 0 Å². The van der Waals surface area contributed by atoms with E-state index in [9.17, 15) is 9.59 Å². The molecule has 0 aromatic rings. The summed E-state index contributed by atoms with van der Waals surface area (Å²) in [4.78, 5) is 25.2. The lowest BCUT2D eigenvalue weighted by Crippen LogP contribution is -2.37. The van der Waals surface area contributed by atoms with E-state index >= 15 is 0 Å². The minimum Gasteiger partial charge on any atom is -0.272 e. The Morgan fingerprint density at radius 1 is 1.13 bits per heavy atom. The van der Waals surface area contributed by atoms with Crippen LogP contribution in [-0.4, -0.2) is 22.8 Å². The van der Waals surface area contributed by atoms with E-state index in [-0.39, 0.29) is 17.9 Å². The van der Waals surface area contributed by atoms with Crippen molar-refractivity contribution in [2.75, 3.05) is 0 Å². The fraction of sp³-hybridized carbons (Fsp3) is 0.500. The molecule has 1 saturated heterocycles. The molecule has 0 saturated carbocycles. The van der Waals surface area contributed by atoms with Gasteiger partial charge in [-0.3, -0.25) is 14.5 Å². The molecule has 0 bridgehead atoms. The quantitative estimate of drug-likeness (QED) is 0.513. The number of imide groups is 1. The van der Waals surface area contributed by atoms with Crippen molar-refractivity contribution >= 4 is 11.8 Å². The van der Waals surface area contributed by atoms with Crippen molar-refractivity contribution in [1.82, 2.24) is 4.90 Å². The topological polar surface area (TPSA) is 37.4 Å². The molecule has 1 rings (SSSR count). The van der Waals surface area contributed by atoms with Gasteiger partial charge in [-0.1, -0.05) is 19.1 Å². The first-order valence-corrected chi connectivity index (χ1v) is 5.29. The Labute approximate surface area is 90.5 Å². The lowest BCUT2D eigenvalue weighted by atomic mass is 10.1. The van der Waals surface area contributed by atoms with Crippen molar-refractivity contribution in [3.63, 3.8) is 0 Å². The van der Waals surface area contributed by atoms with Crippen molar-refractivity contribution in [3.8, 4) is 0 Å². The zero-order valence-corrected chi connectivity index (χ0v) is 9.70. The van der Waals surface area contributed by atoms with Gasteiger partial charge in [0.25, 0.3) is 11.8 Å². The van der Waals surface area contributed by atoms with E-state index in [1.807, 2.05) is 13.8 Å². The maximum absolute atomic E-state index is 11.9. The fourth-order valence-corrected chi connectivity index (χ4v) is 1.72. The van der Waals surface area contributed by atoms with Crippen LogP contribution in [0.2, 0.25) is 0 Å². The smallest absolute Gasteiger partial charge is 0.261 e. The maximum Gasteiger partial charge on any atom is 0.261 e. The molecule has 0 aromatic heterocycles. The number of carbonyl (C=O) groups excluding carboxylic acids is 2. The summed E-state index contributed by atoms with van der Waals surface area (Å²) < 4.78 is 0. The highest BCUT2D eigenvalue weighted by Gasteiger charge is 2.39. The van der Waals surface area contributed by atoms with E-state index in [0.717, 1.165) is 6.42 Å². The van der Waals surface area contributed by atoms with Crippen LogP contribution in [0.3, 0.4) is 0 Å². The van der Waals surface area contributed by atoms with Crippen LogP contribution in [0.4, 0.5) is 0 Å². The maximum atomic E-state index is 11.9. The van der Waals surface area contributed by atoms with Gasteiger partial charge >= 0.3 is 0 Å². The average Bonchev–Trinajstić information content (AvgIpc) is 2.48. The monoisotopic (exact) mass is 207 g/mol. The summed E-state index contributed by atoms with van der Waals surface area (Å²) in [5, 5.41) is 0. The van der Waals surface area contributed by atoms with Crippen molar-refractivity contribution in [2.45, 2.75) is 40.2 Å². The van der Waals surface area contributed by atoms with Crippen molar-refractivity contribution in [1.29, 1.82) is 0 Å². The van der Waals surface area contributed by atoms with Crippen LogP contribution in [0, 0.1) is 0 Å². The molecule has 1 unspecified atom stereocenters. The van der Waals surface area contributed by atoms with E-state index in [4.69, 9.17) is 0 Å². The molecule has 0 spiro atoms. The molecule has 1 fully saturated rings. The predicted octanol–water partition coefficient (Wildman–Crippen LogP) is 2.05. The van der Waals surface area contributed by atoms with Crippen LogP contribution >= 0.6 is 0 Å². The molecule has 1 heterocycles. The summed E-state index contributed by atoms with van der Waals surface area (Å²) >= 11 is 0. The fourth-order valence-electron chi connectivity index (χ4n) is 1.72. The predicted molar refractivity (Wildman–Crippen MR) is 59.1 cm³/mol. The summed E-state index contributed by atoms with van der Waals surface area (Å²) in [5.74, 6) is -0.324. The third-order valence-electron chi connectivity index (χ3n) is 2.80. The Morgan fingerprint density at radius 2 is 1.53 bits per heavy atom. The molecular formula is C12H17NO2. The molecule has 15 heavy (non-hydrogen) atoms. The van der Waals surface area contributed by atoms with Crippen LogP contribution in [0.25, 0.3) is 0 Å². The molecule has 3 nitrogen and oxygen atoms in total. The van der Waals surface area contributed by atoms with E-state index < -0.39 is 0 Å². The molecule has 3 heteroatoms. The molecule has 1 aliphatic heterocycles. The number of hydrogen-bond acceptors (Lipinski definition) is 2. The first-order valence-electron chi connectivity index (χ1n) is 5.29. The number of carbonyl (C=O) groups is 2. The summed E-state index contributed by atoms with van der Waals surface area (Å²) in [5.41, 5.74) is 1.06. The minimum absolute atomic E-state index is 0.0302. The van der Waals surface area contributed by atoms with Crippen LogP contribution < -0.4 is 0 Å². The number of likely N-dealkylation sites (tertiary alicyclic amines) is 1. The van der Waals surface area contributed by atoms with Gasteiger partial charge in [-0.25, -0.2) is 0 Å². The molecule has 1 atom stereocenters. The number of amides is 2. The zero-order chi connectivity index (χ0) is 11.6. The summed E-state index contributed by atoms with van der Waals surface area (Å²) in [6.45, 7) is 7.42. The summed E-state index contributed by atoms with van der Waals surface area (Å²) in [7, 11) is 0. The lowest BCUT2D eigenvalue weighted by Gasteiger charge is -2.20. The van der Waals surface area contributed by atoms with Gasteiger partial charge in [-0.05, 0) is 27.2 Å². The van der Waals surface area contributed by atoms with Gasteiger partial charge in [0.1, 0.15) is 0 Å². The van der Waals surface area contributed by atoms with Gasteiger partial charge in [0.05, 0.1) is 0 Å². The highest BCUT2D eigenvalue weighted by molar-refractivity contribution is 6.24. The minimum atomic E-state index is -0.162. The molecule has 0 radical (unpaired) electrons. The second-order valence-electron chi connectivity index (χ2n) is 3.64. The van der Waals surface area contributed by atoms with Gasteiger partial charge in [-0.15, -0.1) is 0 Å². The SMILES string of the molecule is C/C=C1/C(=O)N(C(C)CC)C(=O)/C1=C/C. The standard InChI is InChI=1S/C12H17NO2/c1-5-8(4)13-11(14)9(6-2)10(7-3)12(13)15/h6-8H,5H2,1-4H3/b9-6+,10-7+. The number of nitrogens with zero attached hydrogens (tertiary/aromatic N) is 1. The number of allylic oxidation sites excluding steroid dienone is 2. The third-order valence-corrected chi connectivity index (χ3v) is 2.80. The van der Waals surface area contributed by atoms with Gasteiger partial charge in [0, 0.05) is 17.2 Å². The van der Waals surface area contributed by atoms with Crippen molar-refractivity contribution < 1.29 is 9.59 Å².